The molecular formula is C17H16N2O. The molecule has 1 aromatic heterocycles. The fourth-order valence-electron chi connectivity index (χ4n) is 2.29. The summed E-state index contributed by atoms with van der Waals surface area (Å²) < 4.78 is 2.04. The normalized spacial score (nSPS) is 11.4. The molecule has 1 N–H and O–H groups in total. The van der Waals surface area contributed by atoms with Gasteiger partial charge in [-0.2, -0.15) is 0 Å². The zero-order valence-electron chi connectivity index (χ0n) is 11.1. The highest BCUT2D eigenvalue weighted by atomic mass is 16.3. The highest BCUT2D eigenvalue weighted by molar-refractivity contribution is 5.79. The van der Waals surface area contributed by atoms with Crippen LogP contribution in [-0.4, -0.2) is 21.3 Å². The highest BCUT2D eigenvalue weighted by Crippen LogP contribution is 2.17. The van der Waals surface area contributed by atoms with Gasteiger partial charge in [0, 0.05) is 6.54 Å². The molecule has 3 rings (SSSR count). The number of rotatable bonds is 4. The van der Waals surface area contributed by atoms with Crippen LogP contribution in [-0.2, 0) is 6.54 Å². The smallest absolute Gasteiger partial charge is 0.133 e. The highest BCUT2D eigenvalue weighted by Gasteiger charge is 2.06. The summed E-state index contributed by atoms with van der Waals surface area (Å²) >= 11 is 0. The summed E-state index contributed by atoms with van der Waals surface area (Å²) in [7, 11) is 0. The molecule has 0 spiro atoms. The first kappa shape index (κ1) is 12.6. The molecule has 3 nitrogen and oxygen atoms in total. The van der Waals surface area contributed by atoms with E-state index in [1.165, 1.54) is 0 Å². The molecule has 2 aromatic carbocycles. The van der Waals surface area contributed by atoms with Gasteiger partial charge in [0.2, 0.25) is 0 Å². The summed E-state index contributed by atoms with van der Waals surface area (Å²) in [6, 6.07) is 18.1. The first-order valence-corrected chi connectivity index (χ1v) is 6.68. The minimum atomic E-state index is 0.104. The van der Waals surface area contributed by atoms with Crippen molar-refractivity contribution in [1.82, 2.24) is 9.55 Å². The Hall–Kier alpha value is -2.39. The Bertz CT molecular complexity index is 729. The van der Waals surface area contributed by atoms with Gasteiger partial charge in [-0.3, -0.25) is 0 Å². The zero-order valence-corrected chi connectivity index (χ0v) is 11.1. The van der Waals surface area contributed by atoms with Gasteiger partial charge >= 0.3 is 0 Å². The summed E-state index contributed by atoms with van der Waals surface area (Å²) in [5.41, 5.74) is 3.14. The van der Waals surface area contributed by atoms with Gasteiger partial charge in [-0.15, -0.1) is 0 Å². The SMILES string of the molecule is OCCn1c(C=Cc2ccccc2)nc2ccccc21. The maximum Gasteiger partial charge on any atom is 0.133 e. The van der Waals surface area contributed by atoms with Crippen molar-refractivity contribution < 1.29 is 5.11 Å². The van der Waals surface area contributed by atoms with Crippen molar-refractivity contribution in [1.29, 1.82) is 0 Å². The molecule has 20 heavy (non-hydrogen) atoms. The quantitative estimate of drug-likeness (QED) is 0.785. The van der Waals surface area contributed by atoms with Crippen LogP contribution in [0.3, 0.4) is 0 Å². The van der Waals surface area contributed by atoms with E-state index >= 15 is 0 Å². The van der Waals surface area contributed by atoms with Crippen molar-refractivity contribution >= 4 is 23.2 Å². The Kier molecular flexibility index (Phi) is 3.61. The van der Waals surface area contributed by atoms with Crippen molar-refractivity contribution in [2.75, 3.05) is 6.61 Å². The first-order chi connectivity index (χ1) is 9.88. The molecule has 0 fully saturated rings. The second kappa shape index (κ2) is 5.72. The summed E-state index contributed by atoms with van der Waals surface area (Å²) in [5, 5.41) is 9.23. The maximum atomic E-state index is 9.23. The van der Waals surface area contributed by atoms with E-state index in [9.17, 15) is 5.11 Å². The van der Waals surface area contributed by atoms with Gasteiger partial charge in [0.25, 0.3) is 0 Å². The lowest BCUT2D eigenvalue weighted by Gasteiger charge is -2.03. The third kappa shape index (κ3) is 2.49. The summed E-state index contributed by atoms with van der Waals surface area (Å²) in [6.07, 6.45) is 4.03. The number of hydrogen-bond acceptors (Lipinski definition) is 2. The molecule has 0 aliphatic carbocycles. The zero-order chi connectivity index (χ0) is 13.8. The number of imidazole rings is 1. The lowest BCUT2D eigenvalue weighted by molar-refractivity contribution is 0.277. The third-order valence-corrected chi connectivity index (χ3v) is 3.23. The predicted molar refractivity (Wildman–Crippen MR) is 82.2 cm³/mol. The van der Waals surface area contributed by atoms with E-state index in [0.29, 0.717) is 6.54 Å². The topological polar surface area (TPSA) is 38.0 Å². The molecule has 3 heteroatoms. The fraction of sp³-hybridized carbons (Fsp3) is 0.118. The van der Waals surface area contributed by atoms with Gasteiger partial charge in [-0.1, -0.05) is 48.5 Å². The van der Waals surface area contributed by atoms with E-state index in [4.69, 9.17) is 0 Å². The van der Waals surface area contributed by atoms with E-state index in [1.807, 2.05) is 59.2 Å². The van der Waals surface area contributed by atoms with Gasteiger partial charge in [0.1, 0.15) is 5.82 Å². The van der Waals surface area contributed by atoms with Crippen LogP contribution in [0.1, 0.15) is 11.4 Å². The maximum absolute atomic E-state index is 9.23. The Labute approximate surface area is 117 Å². The average molecular weight is 264 g/mol. The van der Waals surface area contributed by atoms with Crippen LogP contribution in [0, 0.1) is 0 Å². The van der Waals surface area contributed by atoms with E-state index < -0.39 is 0 Å². The molecule has 0 saturated carbocycles. The van der Waals surface area contributed by atoms with Gasteiger partial charge in [-0.25, -0.2) is 4.98 Å². The van der Waals surface area contributed by atoms with E-state index in [0.717, 1.165) is 22.4 Å². The minimum Gasteiger partial charge on any atom is -0.395 e. The molecule has 0 bridgehead atoms. The molecule has 0 unspecified atom stereocenters. The molecule has 0 atom stereocenters. The van der Waals surface area contributed by atoms with E-state index in [1.54, 1.807) is 0 Å². The number of aliphatic hydroxyl groups excluding tert-OH is 1. The van der Waals surface area contributed by atoms with Gasteiger partial charge in [0.05, 0.1) is 17.6 Å². The number of hydrogen-bond donors (Lipinski definition) is 1. The predicted octanol–water partition coefficient (Wildman–Crippen LogP) is 3.20. The molecule has 100 valence electrons. The molecule has 0 saturated heterocycles. The van der Waals surface area contributed by atoms with Crippen LogP contribution in [0.4, 0.5) is 0 Å². The number of fused-ring (bicyclic) bond motifs is 1. The molecule has 3 aromatic rings. The van der Waals surface area contributed by atoms with Crippen molar-refractivity contribution in [3.05, 3.63) is 66.0 Å². The number of benzene rings is 2. The van der Waals surface area contributed by atoms with E-state index in [-0.39, 0.29) is 6.61 Å². The largest absolute Gasteiger partial charge is 0.395 e. The lowest BCUT2D eigenvalue weighted by atomic mass is 10.2. The molecule has 0 aliphatic rings. The van der Waals surface area contributed by atoms with Gasteiger partial charge in [0.15, 0.2) is 0 Å². The van der Waals surface area contributed by atoms with Crippen molar-refractivity contribution in [2.45, 2.75) is 6.54 Å². The van der Waals surface area contributed by atoms with Crippen LogP contribution < -0.4 is 0 Å². The number of aliphatic hydroxyl groups is 1. The van der Waals surface area contributed by atoms with Crippen molar-refractivity contribution in [3.8, 4) is 0 Å². The third-order valence-electron chi connectivity index (χ3n) is 3.23. The molecule has 0 radical (unpaired) electrons. The Balaban J connectivity index is 2.02. The van der Waals surface area contributed by atoms with Crippen LogP contribution in [0.25, 0.3) is 23.2 Å². The van der Waals surface area contributed by atoms with Crippen molar-refractivity contribution in [2.24, 2.45) is 0 Å². The number of para-hydroxylation sites is 2. The van der Waals surface area contributed by atoms with Crippen LogP contribution in [0.5, 0.6) is 0 Å². The summed E-state index contributed by atoms with van der Waals surface area (Å²) in [5.74, 6) is 0.865. The molecule has 0 aliphatic heterocycles. The van der Waals surface area contributed by atoms with Crippen LogP contribution >= 0.6 is 0 Å². The Morgan fingerprint density at radius 1 is 0.950 bits per heavy atom. The number of nitrogens with zero attached hydrogens (tertiary/aromatic N) is 2. The Morgan fingerprint density at radius 2 is 1.70 bits per heavy atom. The Morgan fingerprint density at radius 3 is 2.50 bits per heavy atom. The second-order valence-electron chi connectivity index (χ2n) is 4.58. The fourth-order valence-corrected chi connectivity index (χ4v) is 2.29. The standard InChI is InChI=1S/C17H16N2O/c20-13-12-19-16-9-5-4-8-15(16)18-17(19)11-10-14-6-2-1-3-7-14/h1-11,20H,12-13H2. The van der Waals surface area contributed by atoms with E-state index in [2.05, 4.69) is 17.1 Å². The van der Waals surface area contributed by atoms with Crippen LogP contribution in [0.2, 0.25) is 0 Å². The number of aromatic nitrogens is 2. The minimum absolute atomic E-state index is 0.104. The van der Waals surface area contributed by atoms with Crippen LogP contribution in [0.15, 0.2) is 54.6 Å². The van der Waals surface area contributed by atoms with Gasteiger partial charge in [-0.05, 0) is 23.8 Å². The average Bonchev–Trinajstić information content (AvgIpc) is 2.85. The molecule has 1 heterocycles. The van der Waals surface area contributed by atoms with Gasteiger partial charge < -0.3 is 9.67 Å². The molecular weight excluding hydrogens is 248 g/mol. The summed E-state index contributed by atoms with van der Waals surface area (Å²) in [4.78, 5) is 4.61. The lowest BCUT2D eigenvalue weighted by Crippen LogP contribution is -2.03. The first-order valence-electron chi connectivity index (χ1n) is 6.68. The van der Waals surface area contributed by atoms with Crippen molar-refractivity contribution in [3.63, 3.8) is 0 Å². The monoisotopic (exact) mass is 264 g/mol. The second-order valence-corrected chi connectivity index (χ2v) is 4.58. The molecule has 0 amide bonds. The summed E-state index contributed by atoms with van der Waals surface area (Å²) in [6.45, 7) is 0.654.